The minimum absolute atomic E-state index is 0. The van der Waals surface area contributed by atoms with Crippen LogP contribution < -0.4 is 20.1 Å². The summed E-state index contributed by atoms with van der Waals surface area (Å²) in [7, 11) is 3.34. The standard InChI is InChI=1S/C19H24FN3O2.HI/c1-14(25-18-10-5-4-9-17(18)20)12-22-19(21-2)23-13-15-7-6-8-16(11-15)24-3;/h4-11,14H,12-13H2,1-3H3,(H2,21,22,23);1H. The van der Waals surface area contributed by atoms with Crippen molar-refractivity contribution in [3.63, 3.8) is 0 Å². The van der Waals surface area contributed by atoms with Gasteiger partial charge >= 0.3 is 0 Å². The average molecular weight is 473 g/mol. The van der Waals surface area contributed by atoms with Crippen molar-refractivity contribution in [3.8, 4) is 11.5 Å². The number of nitrogens with zero attached hydrogens (tertiary/aromatic N) is 1. The third kappa shape index (κ3) is 7.07. The molecule has 0 fully saturated rings. The summed E-state index contributed by atoms with van der Waals surface area (Å²) in [5.74, 6) is 1.34. The zero-order chi connectivity index (χ0) is 18.1. The molecule has 0 bridgehead atoms. The van der Waals surface area contributed by atoms with Crippen LogP contribution in [0.1, 0.15) is 12.5 Å². The quantitative estimate of drug-likeness (QED) is 0.367. The smallest absolute Gasteiger partial charge is 0.191 e. The molecule has 1 atom stereocenters. The van der Waals surface area contributed by atoms with E-state index in [0.29, 0.717) is 19.0 Å². The van der Waals surface area contributed by atoms with Gasteiger partial charge in [0.15, 0.2) is 17.5 Å². The molecule has 1 unspecified atom stereocenters. The molecule has 0 saturated carbocycles. The van der Waals surface area contributed by atoms with E-state index in [9.17, 15) is 4.39 Å². The third-order valence-corrected chi connectivity index (χ3v) is 3.54. The van der Waals surface area contributed by atoms with Crippen molar-refractivity contribution in [1.82, 2.24) is 10.6 Å². The molecule has 0 saturated heterocycles. The van der Waals surface area contributed by atoms with Crippen molar-refractivity contribution in [1.29, 1.82) is 0 Å². The summed E-state index contributed by atoms with van der Waals surface area (Å²) in [5.41, 5.74) is 1.08. The van der Waals surface area contributed by atoms with Gasteiger partial charge in [0.2, 0.25) is 0 Å². The summed E-state index contributed by atoms with van der Waals surface area (Å²) in [5, 5.41) is 6.39. The molecule has 0 aliphatic carbocycles. The zero-order valence-electron chi connectivity index (χ0n) is 15.2. The monoisotopic (exact) mass is 473 g/mol. The van der Waals surface area contributed by atoms with E-state index in [4.69, 9.17) is 9.47 Å². The third-order valence-electron chi connectivity index (χ3n) is 3.54. The van der Waals surface area contributed by atoms with Gasteiger partial charge < -0.3 is 20.1 Å². The molecule has 26 heavy (non-hydrogen) atoms. The van der Waals surface area contributed by atoms with Crippen molar-refractivity contribution in [2.75, 3.05) is 20.7 Å². The van der Waals surface area contributed by atoms with Crippen LogP contribution in [0.3, 0.4) is 0 Å². The first kappa shape index (κ1) is 22.0. The van der Waals surface area contributed by atoms with Gasteiger partial charge in [0, 0.05) is 13.6 Å². The van der Waals surface area contributed by atoms with E-state index in [0.717, 1.165) is 11.3 Å². The van der Waals surface area contributed by atoms with E-state index < -0.39 is 0 Å². The van der Waals surface area contributed by atoms with Gasteiger partial charge in [-0.1, -0.05) is 24.3 Å². The maximum absolute atomic E-state index is 13.6. The Hall–Kier alpha value is -2.03. The molecular weight excluding hydrogens is 448 g/mol. The van der Waals surface area contributed by atoms with Gasteiger partial charge in [-0.25, -0.2) is 4.39 Å². The van der Waals surface area contributed by atoms with Crippen LogP contribution in [0.4, 0.5) is 4.39 Å². The summed E-state index contributed by atoms with van der Waals surface area (Å²) in [6, 6.07) is 14.2. The lowest BCUT2D eigenvalue weighted by atomic mass is 10.2. The van der Waals surface area contributed by atoms with Crippen LogP contribution in [-0.2, 0) is 6.54 Å². The predicted molar refractivity (Wildman–Crippen MR) is 113 cm³/mol. The van der Waals surface area contributed by atoms with Crippen LogP contribution in [0.25, 0.3) is 0 Å². The Bertz CT molecular complexity index is 713. The molecule has 142 valence electrons. The molecule has 0 heterocycles. The Kier molecular flexibility index (Phi) is 9.79. The van der Waals surface area contributed by atoms with Crippen LogP contribution in [0.2, 0.25) is 0 Å². The van der Waals surface area contributed by atoms with Crippen molar-refractivity contribution in [2.24, 2.45) is 4.99 Å². The molecule has 0 aliphatic rings. The number of rotatable bonds is 7. The number of hydrogen-bond donors (Lipinski definition) is 2. The van der Waals surface area contributed by atoms with Gasteiger partial charge in [-0.3, -0.25) is 4.99 Å². The molecule has 2 aromatic rings. The van der Waals surface area contributed by atoms with Gasteiger partial charge in [-0.15, -0.1) is 24.0 Å². The highest BCUT2D eigenvalue weighted by atomic mass is 127. The Morgan fingerprint density at radius 2 is 1.92 bits per heavy atom. The second-order valence-electron chi connectivity index (χ2n) is 5.52. The molecule has 7 heteroatoms. The number of ether oxygens (including phenoxy) is 2. The molecular formula is C19H25FIN3O2. The second-order valence-corrected chi connectivity index (χ2v) is 5.52. The first-order valence-electron chi connectivity index (χ1n) is 8.11. The van der Waals surface area contributed by atoms with Crippen molar-refractivity contribution < 1.29 is 13.9 Å². The van der Waals surface area contributed by atoms with Crippen LogP contribution in [0.5, 0.6) is 11.5 Å². The number of guanidine groups is 1. The molecule has 0 aliphatic heterocycles. The number of halogens is 2. The van der Waals surface area contributed by atoms with E-state index >= 15 is 0 Å². The zero-order valence-corrected chi connectivity index (χ0v) is 17.5. The summed E-state index contributed by atoms with van der Waals surface area (Å²) in [4.78, 5) is 4.18. The van der Waals surface area contributed by atoms with E-state index in [1.54, 1.807) is 32.4 Å². The molecule has 2 N–H and O–H groups in total. The lowest BCUT2D eigenvalue weighted by molar-refractivity contribution is 0.214. The van der Waals surface area contributed by atoms with Crippen LogP contribution in [-0.4, -0.2) is 32.8 Å². The number of methoxy groups -OCH3 is 1. The van der Waals surface area contributed by atoms with Crippen LogP contribution in [0, 0.1) is 5.82 Å². The fourth-order valence-corrected chi connectivity index (χ4v) is 2.23. The average Bonchev–Trinajstić information content (AvgIpc) is 2.64. The molecule has 2 aromatic carbocycles. The minimum Gasteiger partial charge on any atom is -0.497 e. The summed E-state index contributed by atoms with van der Waals surface area (Å²) in [6.07, 6.45) is -0.215. The summed E-state index contributed by atoms with van der Waals surface area (Å²) in [6.45, 7) is 2.97. The lowest BCUT2D eigenvalue weighted by Crippen LogP contribution is -2.41. The molecule has 0 aromatic heterocycles. The first-order valence-corrected chi connectivity index (χ1v) is 8.11. The number of benzene rings is 2. The molecule has 0 radical (unpaired) electrons. The fourth-order valence-electron chi connectivity index (χ4n) is 2.23. The first-order chi connectivity index (χ1) is 12.1. The Labute approximate surface area is 171 Å². The highest BCUT2D eigenvalue weighted by molar-refractivity contribution is 14.0. The summed E-state index contributed by atoms with van der Waals surface area (Å²) >= 11 is 0. The highest BCUT2D eigenvalue weighted by Crippen LogP contribution is 2.16. The van der Waals surface area contributed by atoms with Crippen molar-refractivity contribution in [3.05, 3.63) is 59.9 Å². The Balaban J connectivity index is 0.00000338. The SMILES string of the molecule is CN=C(NCc1cccc(OC)c1)NCC(C)Oc1ccccc1F.I. The molecule has 0 amide bonds. The Morgan fingerprint density at radius 1 is 1.15 bits per heavy atom. The number of nitrogens with one attached hydrogen (secondary N) is 2. The van der Waals surface area contributed by atoms with Crippen LogP contribution >= 0.6 is 24.0 Å². The maximum Gasteiger partial charge on any atom is 0.191 e. The van der Waals surface area contributed by atoms with Crippen molar-refractivity contribution >= 4 is 29.9 Å². The van der Waals surface area contributed by atoms with Crippen LogP contribution in [0.15, 0.2) is 53.5 Å². The molecule has 0 spiro atoms. The van der Waals surface area contributed by atoms with E-state index in [-0.39, 0.29) is 41.6 Å². The largest absolute Gasteiger partial charge is 0.497 e. The van der Waals surface area contributed by atoms with E-state index in [1.165, 1.54) is 6.07 Å². The fraction of sp³-hybridized carbons (Fsp3) is 0.316. The van der Waals surface area contributed by atoms with Gasteiger partial charge in [-0.05, 0) is 36.8 Å². The number of hydrogen-bond acceptors (Lipinski definition) is 3. The van der Waals surface area contributed by atoms with E-state index in [2.05, 4.69) is 15.6 Å². The lowest BCUT2D eigenvalue weighted by Gasteiger charge is -2.18. The molecule has 2 rings (SSSR count). The summed E-state index contributed by atoms with van der Waals surface area (Å²) < 4.78 is 24.4. The van der Waals surface area contributed by atoms with Gasteiger partial charge in [0.1, 0.15) is 11.9 Å². The number of aliphatic imine (C=N–C) groups is 1. The Morgan fingerprint density at radius 3 is 2.62 bits per heavy atom. The maximum atomic E-state index is 13.6. The van der Waals surface area contributed by atoms with Gasteiger partial charge in [0.25, 0.3) is 0 Å². The van der Waals surface area contributed by atoms with Gasteiger partial charge in [0.05, 0.1) is 13.7 Å². The number of para-hydroxylation sites is 1. The normalized spacial score (nSPS) is 11.9. The second kappa shape index (κ2) is 11.6. The van der Waals surface area contributed by atoms with E-state index in [1.807, 2.05) is 31.2 Å². The van der Waals surface area contributed by atoms with Gasteiger partial charge in [-0.2, -0.15) is 0 Å². The van der Waals surface area contributed by atoms with Crippen molar-refractivity contribution in [2.45, 2.75) is 19.6 Å². The molecule has 5 nitrogen and oxygen atoms in total. The minimum atomic E-state index is -0.366. The predicted octanol–water partition coefficient (Wildman–Crippen LogP) is 3.58. The highest BCUT2D eigenvalue weighted by Gasteiger charge is 2.09. The topological polar surface area (TPSA) is 54.9 Å².